The van der Waals surface area contributed by atoms with Crippen molar-refractivity contribution in [2.45, 2.75) is 32.2 Å². The Balaban J connectivity index is 1.93. The average Bonchev–Trinajstić information content (AvgIpc) is 2.52. The molecule has 1 aliphatic rings. The predicted octanol–water partition coefficient (Wildman–Crippen LogP) is 1.84. The van der Waals surface area contributed by atoms with Gasteiger partial charge in [0.15, 0.2) is 5.79 Å². The van der Waals surface area contributed by atoms with Crippen LogP contribution in [0.2, 0.25) is 0 Å². The molecule has 1 rings (SSSR count). The second-order valence-corrected chi connectivity index (χ2v) is 4.44. The van der Waals surface area contributed by atoms with Crippen molar-refractivity contribution in [1.82, 2.24) is 0 Å². The monoisotopic (exact) mass is 236 g/mol. The second-order valence-electron chi connectivity index (χ2n) is 3.87. The summed E-state index contributed by atoms with van der Waals surface area (Å²) in [5, 5.41) is 0. The molecule has 0 saturated carbocycles. The van der Waals surface area contributed by atoms with Gasteiger partial charge in [0.25, 0.3) is 0 Å². The van der Waals surface area contributed by atoms with E-state index in [-0.39, 0.29) is 6.10 Å². The Morgan fingerprint density at radius 2 is 2.20 bits per heavy atom. The fraction of sp³-hybridized carbons (Fsp3) is 1.00. The Morgan fingerprint density at radius 1 is 1.40 bits per heavy atom. The van der Waals surface area contributed by atoms with Gasteiger partial charge in [0.1, 0.15) is 6.10 Å². The normalized spacial score (nSPS) is 24.6. The molecule has 1 atom stereocenters. The summed E-state index contributed by atoms with van der Waals surface area (Å²) in [6.45, 7) is 6.49. The Kier molecular flexibility index (Phi) is 5.92. The highest BCUT2D eigenvalue weighted by atomic mass is 32.2. The van der Waals surface area contributed by atoms with Crippen molar-refractivity contribution in [2.24, 2.45) is 0 Å². The largest absolute Gasteiger partial charge is 0.379 e. The van der Waals surface area contributed by atoms with Crippen molar-refractivity contribution in [3.63, 3.8) is 0 Å². The van der Waals surface area contributed by atoms with Gasteiger partial charge in [0.2, 0.25) is 0 Å². The first-order chi connectivity index (χ1) is 7.14. The molecule has 1 fully saturated rings. The van der Waals surface area contributed by atoms with E-state index in [2.05, 4.69) is 0 Å². The van der Waals surface area contributed by atoms with Gasteiger partial charge in [-0.3, -0.25) is 0 Å². The fourth-order valence-corrected chi connectivity index (χ4v) is 1.65. The van der Waals surface area contributed by atoms with Crippen molar-refractivity contribution in [2.75, 3.05) is 32.7 Å². The van der Waals surface area contributed by atoms with Gasteiger partial charge in [0, 0.05) is 12.9 Å². The Hall–Kier alpha value is 0.190. The molecule has 0 aliphatic carbocycles. The number of ether oxygens (including phenoxy) is 3. The van der Waals surface area contributed by atoms with Crippen molar-refractivity contribution in [3.8, 4) is 0 Å². The van der Waals surface area contributed by atoms with E-state index in [4.69, 9.17) is 18.4 Å². The zero-order valence-electron chi connectivity index (χ0n) is 9.65. The van der Waals surface area contributed by atoms with Crippen LogP contribution in [0, 0.1) is 0 Å². The summed E-state index contributed by atoms with van der Waals surface area (Å²) in [7, 11) is 0. The molecule has 0 bridgehead atoms. The molecule has 0 aromatic heterocycles. The molecule has 1 saturated heterocycles. The van der Waals surface area contributed by atoms with Gasteiger partial charge in [-0.2, -0.15) is 0 Å². The van der Waals surface area contributed by atoms with Crippen molar-refractivity contribution >= 4 is 12.0 Å². The summed E-state index contributed by atoms with van der Waals surface area (Å²) in [4.78, 5) is 0. The van der Waals surface area contributed by atoms with E-state index in [1.54, 1.807) is 0 Å². The van der Waals surface area contributed by atoms with E-state index >= 15 is 0 Å². The summed E-state index contributed by atoms with van der Waals surface area (Å²) in [5.74, 6) is -0.448. The summed E-state index contributed by atoms with van der Waals surface area (Å²) in [6.07, 6.45) is 2.89. The van der Waals surface area contributed by atoms with Crippen LogP contribution in [0.5, 0.6) is 0 Å². The van der Waals surface area contributed by atoms with Crippen LogP contribution in [-0.4, -0.2) is 44.6 Å². The van der Waals surface area contributed by atoms with Gasteiger partial charge in [-0.25, -0.2) is 0 Å². The van der Waals surface area contributed by atoms with Crippen LogP contribution >= 0.6 is 12.0 Å². The van der Waals surface area contributed by atoms with Gasteiger partial charge in [-0.15, -0.1) is 0 Å². The summed E-state index contributed by atoms with van der Waals surface area (Å²) < 4.78 is 21.6. The highest BCUT2D eigenvalue weighted by molar-refractivity contribution is 7.93. The summed E-state index contributed by atoms with van der Waals surface area (Å²) in [6, 6.07) is 0. The average molecular weight is 236 g/mol. The van der Waals surface area contributed by atoms with Crippen LogP contribution in [0.15, 0.2) is 0 Å². The van der Waals surface area contributed by atoms with Gasteiger partial charge >= 0.3 is 0 Å². The van der Waals surface area contributed by atoms with Crippen LogP contribution in [0.1, 0.15) is 20.3 Å². The highest BCUT2D eigenvalue weighted by Crippen LogP contribution is 2.22. The first-order valence-corrected chi connectivity index (χ1v) is 6.34. The number of rotatable bonds is 7. The lowest BCUT2D eigenvalue weighted by Gasteiger charge is -2.16. The third kappa shape index (κ3) is 5.73. The standard InChI is InChI=1S/C10H20O4S/c1-10(2)12-8-9(14-10)7-11-5-4-6-13-15-3/h9H,4-8H2,1-3H3/t9-/m0/s1. The van der Waals surface area contributed by atoms with E-state index < -0.39 is 5.79 Å². The van der Waals surface area contributed by atoms with Crippen LogP contribution in [0.25, 0.3) is 0 Å². The molecule has 0 aromatic rings. The minimum Gasteiger partial charge on any atom is -0.379 e. The smallest absolute Gasteiger partial charge is 0.163 e. The zero-order valence-corrected chi connectivity index (χ0v) is 10.5. The molecule has 5 heteroatoms. The van der Waals surface area contributed by atoms with Crippen molar-refractivity contribution < 1.29 is 18.4 Å². The minimum atomic E-state index is -0.448. The second kappa shape index (κ2) is 6.70. The Labute approximate surface area is 95.8 Å². The lowest BCUT2D eigenvalue weighted by Crippen LogP contribution is -2.24. The van der Waals surface area contributed by atoms with Crippen molar-refractivity contribution in [1.29, 1.82) is 0 Å². The third-order valence-corrected chi connectivity index (χ3v) is 2.41. The molecule has 0 amide bonds. The van der Waals surface area contributed by atoms with Crippen LogP contribution in [0.4, 0.5) is 0 Å². The van der Waals surface area contributed by atoms with E-state index in [1.165, 1.54) is 12.0 Å². The lowest BCUT2D eigenvalue weighted by atomic mass is 10.4. The molecule has 0 unspecified atom stereocenters. The molecule has 0 N–H and O–H groups in total. The van der Waals surface area contributed by atoms with Crippen molar-refractivity contribution in [3.05, 3.63) is 0 Å². The molecule has 0 spiro atoms. The SMILES string of the molecule is CSOCCCOC[C@H]1COC(C)(C)O1. The van der Waals surface area contributed by atoms with E-state index in [1.807, 2.05) is 20.1 Å². The van der Waals surface area contributed by atoms with E-state index in [0.717, 1.165) is 13.0 Å². The fourth-order valence-electron chi connectivity index (χ4n) is 1.36. The lowest BCUT2D eigenvalue weighted by molar-refractivity contribution is -0.145. The summed E-state index contributed by atoms with van der Waals surface area (Å²) >= 11 is 1.38. The van der Waals surface area contributed by atoms with Gasteiger partial charge in [-0.1, -0.05) is 0 Å². The predicted molar refractivity (Wildman–Crippen MR) is 59.8 cm³/mol. The minimum absolute atomic E-state index is 0.0708. The van der Waals surface area contributed by atoms with Crippen LogP contribution in [0.3, 0.4) is 0 Å². The Bertz CT molecular complexity index is 175. The third-order valence-electron chi connectivity index (χ3n) is 2.01. The van der Waals surface area contributed by atoms with Crippen LogP contribution in [-0.2, 0) is 18.4 Å². The Morgan fingerprint density at radius 3 is 2.80 bits per heavy atom. The number of hydrogen-bond acceptors (Lipinski definition) is 5. The first-order valence-electron chi connectivity index (χ1n) is 5.19. The van der Waals surface area contributed by atoms with E-state index in [0.29, 0.717) is 19.8 Å². The maximum absolute atomic E-state index is 5.59. The molecule has 1 aliphatic heterocycles. The molecule has 4 nitrogen and oxygen atoms in total. The maximum atomic E-state index is 5.59. The topological polar surface area (TPSA) is 36.9 Å². The van der Waals surface area contributed by atoms with Gasteiger partial charge < -0.3 is 18.4 Å². The number of hydrogen-bond donors (Lipinski definition) is 0. The zero-order chi connectivity index (χ0) is 11.1. The first kappa shape index (κ1) is 13.3. The maximum Gasteiger partial charge on any atom is 0.163 e. The van der Waals surface area contributed by atoms with Gasteiger partial charge in [0.05, 0.1) is 19.8 Å². The molecule has 90 valence electrons. The summed E-state index contributed by atoms with van der Waals surface area (Å²) in [5.41, 5.74) is 0. The highest BCUT2D eigenvalue weighted by Gasteiger charge is 2.32. The molecule has 15 heavy (non-hydrogen) atoms. The molecule has 1 heterocycles. The van der Waals surface area contributed by atoms with Gasteiger partial charge in [-0.05, 0) is 32.3 Å². The molecular formula is C10H20O4S. The van der Waals surface area contributed by atoms with Crippen LogP contribution < -0.4 is 0 Å². The molecule has 0 aromatic carbocycles. The molecular weight excluding hydrogens is 216 g/mol. The quantitative estimate of drug-likeness (QED) is 0.498. The molecule has 0 radical (unpaired) electrons. The van der Waals surface area contributed by atoms with E-state index in [9.17, 15) is 0 Å².